The molecule has 0 aromatic heterocycles. The first-order valence-corrected chi connectivity index (χ1v) is 6.32. The highest BCUT2D eigenvalue weighted by atomic mass is 19.2. The quantitative estimate of drug-likeness (QED) is 0.527. The second-order valence-corrected chi connectivity index (χ2v) is 4.93. The van der Waals surface area contributed by atoms with Crippen molar-refractivity contribution < 1.29 is 27.2 Å². The number of rotatable bonds is 0. The summed E-state index contributed by atoms with van der Waals surface area (Å²) in [6.45, 7) is 8.62. The third-order valence-electron chi connectivity index (χ3n) is 3.29. The van der Waals surface area contributed by atoms with Gasteiger partial charge >= 0.3 is 0 Å². The summed E-state index contributed by atoms with van der Waals surface area (Å²) in [5, 5.41) is 0. The first-order chi connectivity index (χ1) is 10.1. The van der Waals surface area contributed by atoms with E-state index in [-0.39, 0.29) is 0 Å². The Morgan fingerprint density at radius 1 is 0.545 bits per heavy atom. The third-order valence-corrected chi connectivity index (χ3v) is 3.29. The van der Waals surface area contributed by atoms with Gasteiger partial charge in [-0.3, -0.25) is 9.59 Å². The molecular weight excluding hydrogens is 300 g/mol. The zero-order valence-electron chi connectivity index (χ0n) is 12.5. The van der Waals surface area contributed by atoms with Crippen LogP contribution in [0, 0.1) is 27.7 Å². The minimum absolute atomic E-state index is 1.39. The predicted molar refractivity (Wildman–Crippen MR) is 73.9 cm³/mol. The molecule has 2 rings (SSSR count). The normalized spacial score (nSPS) is 15.1. The number of hydrogen-bond donors (Lipinski definition) is 0. The van der Waals surface area contributed by atoms with Gasteiger partial charge in [-0.25, -0.2) is 0 Å². The van der Waals surface area contributed by atoms with Crippen molar-refractivity contribution in [2.24, 2.45) is 0 Å². The van der Waals surface area contributed by atoms with Crippen LogP contribution in [-0.4, -0.2) is 11.6 Å². The number of carbonyl (C=O) groups is 2. The Morgan fingerprint density at radius 3 is 0.909 bits per heavy atom. The lowest BCUT2D eigenvalue weighted by molar-refractivity contribution is -0.120. The molecule has 2 nitrogen and oxygen atoms in total. The molecule has 0 bridgehead atoms. The molecule has 0 saturated carbocycles. The van der Waals surface area contributed by atoms with E-state index in [1.54, 1.807) is 0 Å². The number of benzene rings is 1. The Balaban J connectivity index is 0.000000224. The van der Waals surface area contributed by atoms with Crippen LogP contribution in [0.3, 0.4) is 0 Å². The molecule has 6 heteroatoms. The molecule has 0 saturated heterocycles. The zero-order valence-corrected chi connectivity index (χ0v) is 12.5. The summed E-state index contributed by atoms with van der Waals surface area (Å²) < 4.78 is 48.6. The molecule has 0 radical (unpaired) electrons. The van der Waals surface area contributed by atoms with Gasteiger partial charge in [-0.05, 0) is 49.9 Å². The van der Waals surface area contributed by atoms with E-state index >= 15 is 0 Å². The third kappa shape index (κ3) is 3.50. The van der Waals surface area contributed by atoms with Crippen molar-refractivity contribution in [3.8, 4) is 0 Å². The van der Waals surface area contributed by atoms with Gasteiger partial charge in [-0.15, -0.1) is 0 Å². The summed E-state index contributed by atoms with van der Waals surface area (Å²) in [5.41, 5.74) is 5.57. The van der Waals surface area contributed by atoms with E-state index in [2.05, 4.69) is 39.8 Å². The number of allylic oxidation sites excluding steroid dienone is 4. The van der Waals surface area contributed by atoms with Crippen LogP contribution in [0.15, 0.2) is 35.4 Å². The van der Waals surface area contributed by atoms with Crippen LogP contribution in [0.5, 0.6) is 0 Å². The van der Waals surface area contributed by atoms with Crippen molar-refractivity contribution >= 4 is 11.6 Å². The van der Waals surface area contributed by atoms with E-state index in [1.807, 2.05) is 0 Å². The molecule has 0 N–H and O–H groups in total. The number of Topliss-reactive ketones (excluding diaryl/α,β-unsaturated/α-hetero) is 2. The molecule has 0 unspecified atom stereocenters. The number of hydrogen-bond acceptors (Lipinski definition) is 2. The maximum atomic E-state index is 12.1. The van der Waals surface area contributed by atoms with Crippen molar-refractivity contribution in [2.75, 3.05) is 0 Å². The van der Waals surface area contributed by atoms with Crippen molar-refractivity contribution in [1.82, 2.24) is 0 Å². The monoisotopic (exact) mass is 314 g/mol. The van der Waals surface area contributed by atoms with Gasteiger partial charge in [0.05, 0.1) is 0 Å². The molecule has 0 amide bonds. The lowest BCUT2D eigenvalue weighted by Crippen LogP contribution is -2.16. The van der Waals surface area contributed by atoms with Crippen molar-refractivity contribution in [1.29, 1.82) is 0 Å². The van der Waals surface area contributed by atoms with Crippen LogP contribution < -0.4 is 0 Å². The van der Waals surface area contributed by atoms with Crippen LogP contribution in [0.25, 0.3) is 0 Å². The molecule has 0 heterocycles. The highest BCUT2D eigenvalue weighted by molar-refractivity contribution is 6.21. The van der Waals surface area contributed by atoms with Crippen molar-refractivity contribution in [3.05, 3.63) is 57.7 Å². The van der Waals surface area contributed by atoms with Crippen LogP contribution in [-0.2, 0) is 9.59 Å². The van der Waals surface area contributed by atoms with E-state index in [4.69, 9.17) is 0 Å². The van der Waals surface area contributed by atoms with E-state index in [9.17, 15) is 27.2 Å². The Hall–Kier alpha value is -2.24. The molecule has 118 valence electrons. The SMILES string of the molecule is Cc1cc(C)c(C)cc1C.O=C1C(F)=C(F)C(=O)C(F)=C1F. The van der Waals surface area contributed by atoms with Gasteiger partial charge < -0.3 is 0 Å². The molecular formula is C16H14F4O2. The second kappa shape index (κ2) is 6.68. The Labute approximate surface area is 125 Å². The molecule has 0 fully saturated rings. The number of ketones is 2. The smallest absolute Gasteiger partial charge is 0.256 e. The summed E-state index contributed by atoms with van der Waals surface area (Å²) in [5.74, 6) is -12.9. The average Bonchev–Trinajstić information content (AvgIpc) is 2.48. The summed E-state index contributed by atoms with van der Waals surface area (Å²) in [6.07, 6.45) is 0. The standard InChI is InChI=1S/C10H14.C6F4O2/c1-7-5-9(3)10(4)6-8(7)2;7-1-2(8)6(12)4(10)3(9)5(1)11/h5-6H,1-4H3;. The minimum atomic E-state index is -2.20. The maximum absolute atomic E-state index is 12.1. The fourth-order valence-electron chi connectivity index (χ4n) is 1.70. The lowest BCUT2D eigenvalue weighted by atomic mass is 10.0. The van der Waals surface area contributed by atoms with Crippen LogP contribution in [0.4, 0.5) is 17.6 Å². The maximum Gasteiger partial charge on any atom is 0.256 e. The summed E-state index contributed by atoms with van der Waals surface area (Å²) in [4.78, 5) is 20.4. The summed E-state index contributed by atoms with van der Waals surface area (Å²) in [7, 11) is 0. The zero-order chi connectivity index (χ0) is 17.2. The highest BCUT2D eigenvalue weighted by Crippen LogP contribution is 2.27. The molecule has 1 aliphatic carbocycles. The topological polar surface area (TPSA) is 34.1 Å². The van der Waals surface area contributed by atoms with Crippen LogP contribution >= 0.6 is 0 Å². The Morgan fingerprint density at radius 2 is 0.727 bits per heavy atom. The fourth-order valence-corrected chi connectivity index (χ4v) is 1.70. The van der Waals surface area contributed by atoms with Gasteiger partial charge in [0.1, 0.15) is 0 Å². The molecule has 0 aliphatic heterocycles. The van der Waals surface area contributed by atoms with E-state index in [0.717, 1.165) is 0 Å². The van der Waals surface area contributed by atoms with Gasteiger partial charge in [-0.2, -0.15) is 17.6 Å². The summed E-state index contributed by atoms with van der Waals surface area (Å²) in [6, 6.07) is 4.48. The van der Waals surface area contributed by atoms with Gasteiger partial charge in [0.15, 0.2) is 0 Å². The number of aryl methyl sites for hydroxylation is 4. The largest absolute Gasteiger partial charge is 0.283 e. The van der Waals surface area contributed by atoms with Crippen LogP contribution in [0.2, 0.25) is 0 Å². The van der Waals surface area contributed by atoms with Gasteiger partial charge in [0, 0.05) is 0 Å². The van der Waals surface area contributed by atoms with Gasteiger partial charge in [0.25, 0.3) is 11.6 Å². The predicted octanol–water partition coefficient (Wildman–Crippen LogP) is 4.36. The lowest BCUT2D eigenvalue weighted by Gasteiger charge is -2.04. The first-order valence-electron chi connectivity index (χ1n) is 6.32. The molecule has 22 heavy (non-hydrogen) atoms. The summed E-state index contributed by atoms with van der Waals surface area (Å²) >= 11 is 0. The van der Waals surface area contributed by atoms with E-state index < -0.39 is 34.9 Å². The molecule has 0 atom stereocenters. The van der Waals surface area contributed by atoms with E-state index in [0.29, 0.717) is 0 Å². The molecule has 1 aliphatic rings. The molecule has 0 spiro atoms. The van der Waals surface area contributed by atoms with Gasteiger partial charge in [0.2, 0.25) is 23.3 Å². The first kappa shape index (κ1) is 17.8. The van der Waals surface area contributed by atoms with Crippen molar-refractivity contribution in [2.45, 2.75) is 27.7 Å². The number of carbonyl (C=O) groups excluding carboxylic acids is 2. The fraction of sp³-hybridized carbons (Fsp3) is 0.250. The molecule has 1 aromatic carbocycles. The van der Waals surface area contributed by atoms with Gasteiger partial charge in [-0.1, -0.05) is 12.1 Å². The average molecular weight is 314 g/mol. The van der Waals surface area contributed by atoms with Crippen molar-refractivity contribution in [3.63, 3.8) is 0 Å². The Kier molecular flexibility index (Phi) is 5.41. The molecule has 1 aromatic rings. The Bertz CT molecular complexity index is 603. The van der Waals surface area contributed by atoms with E-state index in [1.165, 1.54) is 22.3 Å². The van der Waals surface area contributed by atoms with Crippen LogP contribution in [0.1, 0.15) is 22.3 Å². The second-order valence-electron chi connectivity index (χ2n) is 4.93. The minimum Gasteiger partial charge on any atom is -0.283 e. The number of halogens is 4. The highest BCUT2D eigenvalue weighted by Gasteiger charge is 2.36.